The fraction of sp³-hybridized carbons (Fsp3) is 0.462. The number of anilines is 1. The van der Waals surface area contributed by atoms with Gasteiger partial charge in [0.15, 0.2) is 0 Å². The number of halogens is 1. The zero-order chi connectivity index (χ0) is 13.8. The van der Waals surface area contributed by atoms with Crippen LogP contribution in [0.4, 0.5) is 5.82 Å². The first-order chi connectivity index (χ1) is 9.08. The number of nitrogens with one attached hydrogen (secondary N) is 1. The first-order valence-corrected chi connectivity index (χ1v) is 6.59. The highest BCUT2D eigenvalue weighted by Gasteiger charge is 2.31. The minimum atomic E-state index is -1.15. The Morgan fingerprint density at radius 3 is 2.53 bits per heavy atom. The Kier molecular flexibility index (Phi) is 4.37. The van der Waals surface area contributed by atoms with Crippen LogP contribution >= 0.6 is 11.6 Å². The normalized spacial score (nSPS) is 22.8. The van der Waals surface area contributed by atoms with Crippen LogP contribution < -0.4 is 10.4 Å². The second-order valence-electron chi connectivity index (χ2n) is 4.67. The fourth-order valence-corrected chi connectivity index (χ4v) is 2.51. The molecule has 0 saturated heterocycles. The van der Waals surface area contributed by atoms with Gasteiger partial charge in [0.05, 0.1) is 5.02 Å². The number of nitrogens with zero attached hydrogens (tertiary/aromatic N) is 1. The topological polar surface area (TPSA) is 82.1 Å². The molecule has 1 aromatic heterocycles. The standard InChI is InChI=1S/C13H15ClN2O3/c14-8-5-6-11(15-7-8)16-12(17)9-3-1-2-4-10(9)13(18)19/h5-7,9-10H,1-4H2,(H,18,19)(H,15,16,17)/p-1/t9-,10-/m0/s1. The lowest BCUT2D eigenvalue weighted by molar-refractivity contribution is -0.313. The first kappa shape index (κ1) is 13.8. The third-order valence-electron chi connectivity index (χ3n) is 3.38. The fourth-order valence-electron chi connectivity index (χ4n) is 2.40. The Balaban J connectivity index is 2.05. The zero-order valence-electron chi connectivity index (χ0n) is 10.3. The molecule has 1 fully saturated rings. The van der Waals surface area contributed by atoms with Crippen molar-refractivity contribution in [1.82, 2.24) is 4.98 Å². The Labute approximate surface area is 116 Å². The van der Waals surface area contributed by atoms with Gasteiger partial charge in [-0.25, -0.2) is 4.98 Å². The monoisotopic (exact) mass is 281 g/mol. The molecule has 2 rings (SSSR count). The summed E-state index contributed by atoms with van der Waals surface area (Å²) >= 11 is 5.70. The van der Waals surface area contributed by atoms with Crippen LogP contribution in [0.5, 0.6) is 0 Å². The lowest BCUT2D eigenvalue weighted by Gasteiger charge is -2.30. The summed E-state index contributed by atoms with van der Waals surface area (Å²) in [5.74, 6) is -2.35. The van der Waals surface area contributed by atoms with Gasteiger partial charge in [-0.1, -0.05) is 24.4 Å². The quantitative estimate of drug-likeness (QED) is 0.903. The largest absolute Gasteiger partial charge is 0.550 e. The molecule has 102 valence electrons. The molecule has 1 saturated carbocycles. The number of aliphatic carboxylic acids is 1. The molecule has 2 atom stereocenters. The number of carboxylic acid groups (broad SMARTS) is 1. The van der Waals surface area contributed by atoms with E-state index in [0.717, 1.165) is 12.8 Å². The molecule has 0 aromatic carbocycles. The average molecular weight is 282 g/mol. The Bertz CT molecular complexity index is 475. The van der Waals surface area contributed by atoms with Gasteiger partial charge in [-0.05, 0) is 25.0 Å². The molecule has 0 bridgehead atoms. The van der Waals surface area contributed by atoms with E-state index >= 15 is 0 Å². The number of carbonyl (C=O) groups excluding carboxylic acids is 2. The van der Waals surface area contributed by atoms with E-state index in [1.165, 1.54) is 6.20 Å². The van der Waals surface area contributed by atoms with Crippen molar-refractivity contribution in [3.05, 3.63) is 23.4 Å². The Hall–Kier alpha value is -1.62. The highest BCUT2D eigenvalue weighted by Crippen LogP contribution is 2.30. The molecule has 0 spiro atoms. The molecule has 1 aliphatic carbocycles. The summed E-state index contributed by atoms with van der Waals surface area (Å²) in [5.41, 5.74) is 0. The van der Waals surface area contributed by atoms with E-state index in [1.54, 1.807) is 12.1 Å². The van der Waals surface area contributed by atoms with Gasteiger partial charge < -0.3 is 15.2 Å². The molecule has 1 N–H and O–H groups in total. The smallest absolute Gasteiger partial charge is 0.229 e. The average Bonchev–Trinajstić information content (AvgIpc) is 2.41. The van der Waals surface area contributed by atoms with Gasteiger partial charge in [0.1, 0.15) is 5.82 Å². The minimum absolute atomic E-state index is 0.316. The predicted octanol–water partition coefficient (Wildman–Crippen LogP) is 1.23. The van der Waals surface area contributed by atoms with Gasteiger partial charge in [0.25, 0.3) is 0 Å². The third kappa shape index (κ3) is 3.44. The highest BCUT2D eigenvalue weighted by molar-refractivity contribution is 6.30. The maximum absolute atomic E-state index is 12.1. The summed E-state index contributed by atoms with van der Waals surface area (Å²) in [7, 11) is 0. The maximum Gasteiger partial charge on any atom is 0.229 e. The van der Waals surface area contributed by atoms with Crippen LogP contribution in [0.1, 0.15) is 25.7 Å². The second-order valence-corrected chi connectivity index (χ2v) is 5.10. The van der Waals surface area contributed by atoms with E-state index in [-0.39, 0.29) is 5.91 Å². The minimum Gasteiger partial charge on any atom is -0.550 e. The zero-order valence-corrected chi connectivity index (χ0v) is 11.0. The Morgan fingerprint density at radius 1 is 1.26 bits per heavy atom. The van der Waals surface area contributed by atoms with Crippen molar-refractivity contribution in [3.8, 4) is 0 Å². The van der Waals surface area contributed by atoms with Crippen molar-refractivity contribution in [2.75, 3.05) is 5.32 Å². The molecule has 1 aromatic rings. The van der Waals surface area contributed by atoms with Gasteiger partial charge in [-0.3, -0.25) is 4.79 Å². The SMILES string of the molecule is O=C([O-])[C@H]1CCCC[C@@H]1C(=O)Nc1ccc(Cl)cn1. The van der Waals surface area contributed by atoms with Gasteiger partial charge in [0, 0.05) is 24.0 Å². The van der Waals surface area contributed by atoms with Gasteiger partial charge >= 0.3 is 0 Å². The predicted molar refractivity (Wildman–Crippen MR) is 68.3 cm³/mol. The van der Waals surface area contributed by atoms with E-state index < -0.39 is 17.8 Å². The van der Waals surface area contributed by atoms with Crippen LogP contribution in [-0.4, -0.2) is 16.9 Å². The number of hydrogen-bond acceptors (Lipinski definition) is 4. The van der Waals surface area contributed by atoms with Crippen LogP contribution in [0.15, 0.2) is 18.3 Å². The maximum atomic E-state index is 12.1. The lowest BCUT2D eigenvalue weighted by atomic mass is 9.79. The number of rotatable bonds is 3. The number of aromatic nitrogens is 1. The molecule has 0 unspecified atom stereocenters. The van der Waals surface area contributed by atoms with Crippen LogP contribution in [0, 0.1) is 11.8 Å². The van der Waals surface area contributed by atoms with Crippen molar-refractivity contribution < 1.29 is 14.7 Å². The van der Waals surface area contributed by atoms with Gasteiger partial charge in [-0.15, -0.1) is 0 Å². The van der Waals surface area contributed by atoms with E-state index in [0.29, 0.717) is 23.7 Å². The summed E-state index contributed by atoms with van der Waals surface area (Å²) < 4.78 is 0. The molecule has 1 aliphatic rings. The van der Waals surface area contributed by atoms with Crippen molar-refractivity contribution >= 4 is 29.3 Å². The van der Waals surface area contributed by atoms with Crippen LogP contribution in [0.25, 0.3) is 0 Å². The van der Waals surface area contributed by atoms with Crippen molar-refractivity contribution in [3.63, 3.8) is 0 Å². The molecule has 19 heavy (non-hydrogen) atoms. The van der Waals surface area contributed by atoms with Gasteiger partial charge in [0.2, 0.25) is 5.91 Å². The highest BCUT2D eigenvalue weighted by atomic mass is 35.5. The lowest BCUT2D eigenvalue weighted by Crippen LogP contribution is -2.42. The number of pyridine rings is 1. The van der Waals surface area contributed by atoms with E-state index in [4.69, 9.17) is 11.6 Å². The molecule has 0 aliphatic heterocycles. The van der Waals surface area contributed by atoms with E-state index in [1.807, 2.05) is 0 Å². The van der Waals surface area contributed by atoms with Crippen LogP contribution in [0.3, 0.4) is 0 Å². The second kappa shape index (κ2) is 6.02. The van der Waals surface area contributed by atoms with Crippen molar-refractivity contribution in [1.29, 1.82) is 0 Å². The van der Waals surface area contributed by atoms with Crippen LogP contribution in [-0.2, 0) is 9.59 Å². The number of carboxylic acids is 1. The molecule has 1 heterocycles. The molecule has 1 amide bonds. The third-order valence-corrected chi connectivity index (χ3v) is 3.61. The van der Waals surface area contributed by atoms with E-state index in [2.05, 4.69) is 10.3 Å². The molecule has 5 nitrogen and oxygen atoms in total. The number of amides is 1. The van der Waals surface area contributed by atoms with Crippen molar-refractivity contribution in [2.45, 2.75) is 25.7 Å². The van der Waals surface area contributed by atoms with Crippen molar-refractivity contribution in [2.24, 2.45) is 11.8 Å². The summed E-state index contributed by atoms with van der Waals surface area (Å²) in [6.45, 7) is 0. The summed E-state index contributed by atoms with van der Waals surface area (Å²) in [6, 6.07) is 3.19. The molecular weight excluding hydrogens is 268 g/mol. The number of carbonyl (C=O) groups is 2. The molecule has 6 heteroatoms. The number of hydrogen-bond donors (Lipinski definition) is 1. The Morgan fingerprint density at radius 2 is 1.95 bits per heavy atom. The molecule has 0 radical (unpaired) electrons. The van der Waals surface area contributed by atoms with Gasteiger partial charge in [-0.2, -0.15) is 0 Å². The summed E-state index contributed by atoms with van der Waals surface area (Å²) in [6.07, 6.45) is 4.17. The summed E-state index contributed by atoms with van der Waals surface area (Å²) in [4.78, 5) is 27.1. The van der Waals surface area contributed by atoms with Crippen LogP contribution in [0.2, 0.25) is 5.02 Å². The molecular formula is C13H14ClN2O3-. The first-order valence-electron chi connectivity index (χ1n) is 6.21. The summed E-state index contributed by atoms with van der Waals surface area (Å²) in [5, 5.41) is 14.1. The van der Waals surface area contributed by atoms with E-state index in [9.17, 15) is 14.7 Å².